The Labute approximate surface area is 159 Å². The molecular formula is C17H32Cl2NTi-7. The largest absolute Gasteiger partial charge is 0.484 e. The maximum Gasteiger partial charge on any atom is -0.108 e. The molecule has 1 aliphatic rings. The second-order valence-corrected chi connectivity index (χ2v) is 4.38. The molecule has 1 heterocycles. The molecule has 0 aromatic carbocycles. The molecule has 21 heavy (non-hydrogen) atoms. The Kier molecular flexibility index (Phi) is 101. The van der Waals surface area contributed by atoms with Crippen molar-refractivity contribution in [1.82, 2.24) is 4.98 Å². The van der Waals surface area contributed by atoms with E-state index in [1.165, 1.54) is 3.81 Å². The first kappa shape index (κ1) is 49.7. The third-order valence-electron chi connectivity index (χ3n) is 1.03. The summed E-state index contributed by atoms with van der Waals surface area (Å²) in [6, 6.07) is 3.71. The van der Waals surface area contributed by atoms with Crippen molar-refractivity contribution in [3.63, 3.8) is 0 Å². The summed E-state index contributed by atoms with van der Waals surface area (Å²) in [7, 11) is 0. The number of halogens is 2. The number of allylic oxidation sites excluding steroid dienone is 4. The normalized spacial score (nSPS) is 7.29. The fourth-order valence-electron chi connectivity index (χ4n) is 0.581. The van der Waals surface area contributed by atoms with Gasteiger partial charge in [-0.3, -0.25) is 6.08 Å². The van der Waals surface area contributed by atoms with Gasteiger partial charge in [0.15, 0.2) is 0 Å². The van der Waals surface area contributed by atoms with Crippen LogP contribution in [0.4, 0.5) is 0 Å². The Morgan fingerprint density at radius 3 is 1.62 bits per heavy atom. The molecule has 0 bridgehead atoms. The fraction of sp³-hybridized carbons (Fsp3) is 0.176. The topological polar surface area (TPSA) is 15.8 Å². The molecule has 0 atom stereocenters. The molecule has 130 valence electrons. The SMILES string of the molecule is C[C](C)=[Ti].Cl.Cl.[C-]1=CC=CC1.[CH3-].[CH3-].[CH3-].[CH3-].[CH3-].[c-]1ccc[nH]1. The third-order valence-corrected chi connectivity index (χ3v) is 1.03. The van der Waals surface area contributed by atoms with Gasteiger partial charge in [-0.1, -0.05) is 0 Å². The van der Waals surface area contributed by atoms with E-state index in [1.807, 2.05) is 30.5 Å². The van der Waals surface area contributed by atoms with E-state index in [9.17, 15) is 0 Å². The second-order valence-electron chi connectivity index (χ2n) is 2.82. The van der Waals surface area contributed by atoms with Crippen molar-refractivity contribution >= 4 is 28.6 Å². The Morgan fingerprint density at radius 2 is 1.52 bits per heavy atom. The number of nitrogens with one attached hydrogen (secondary N) is 1. The summed E-state index contributed by atoms with van der Waals surface area (Å²) in [5, 5.41) is 0. The Hall–Kier alpha value is -0.0757. The monoisotopic (exact) mass is 368 g/mol. The molecule has 0 spiro atoms. The van der Waals surface area contributed by atoms with Gasteiger partial charge in [-0.25, -0.2) is 12.2 Å². The van der Waals surface area contributed by atoms with E-state index < -0.39 is 0 Å². The van der Waals surface area contributed by atoms with Crippen molar-refractivity contribution in [2.24, 2.45) is 0 Å². The minimum absolute atomic E-state index is 0. The summed E-state index contributed by atoms with van der Waals surface area (Å²) in [4.78, 5) is 2.74. The maximum atomic E-state index is 2.99. The van der Waals surface area contributed by atoms with Crippen molar-refractivity contribution in [3.05, 3.63) is 86.0 Å². The van der Waals surface area contributed by atoms with Gasteiger partial charge < -0.3 is 42.1 Å². The van der Waals surface area contributed by atoms with Crippen LogP contribution in [0.2, 0.25) is 0 Å². The van der Waals surface area contributed by atoms with Crippen LogP contribution in [-0.2, 0) is 20.0 Å². The number of H-pyrrole nitrogens is 1. The standard InChI is InChI=1S/C5H5.C4H4N.C3H6.5CH3.2ClH.Ti/c2*1-2-4-5-3-1;1-3-2;;;;;;;;/h1-3H,4H2;1-3,5H;1-2H3;5*1H3;2*1H;/q2*-1;;5*-1;;;. The Morgan fingerprint density at radius 1 is 1.05 bits per heavy atom. The van der Waals surface area contributed by atoms with Gasteiger partial charge in [-0.15, -0.1) is 37.4 Å². The van der Waals surface area contributed by atoms with E-state index in [4.69, 9.17) is 0 Å². The number of hydrogen-bond acceptors (Lipinski definition) is 0. The molecule has 0 aliphatic heterocycles. The first-order valence-corrected chi connectivity index (χ1v) is 5.24. The van der Waals surface area contributed by atoms with Crippen molar-refractivity contribution in [3.8, 4) is 0 Å². The van der Waals surface area contributed by atoms with Gasteiger partial charge in [0.25, 0.3) is 0 Å². The quantitative estimate of drug-likeness (QED) is 0.429. The van der Waals surface area contributed by atoms with E-state index in [0.717, 1.165) is 6.42 Å². The van der Waals surface area contributed by atoms with E-state index in [2.05, 4.69) is 57.2 Å². The molecule has 0 radical (unpaired) electrons. The van der Waals surface area contributed by atoms with Gasteiger partial charge in [-0.2, -0.15) is 24.4 Å². The molecule has 4 heteroatoms. The molecule has 1 aliphatic carbocycles. The minimum atomic E-state index is 0. The fourth-order valence-corrected chi connectivity index (χ4v) is 0.581. The van der Waals surface area contributed by atoms with Crippen LogP contribution in [0.15, 0.2) is 36.6 Å². The molecule has 1 aromatic heterocycles. The smallest absolute Gasteiger partial charge is 0.108 e. The van der Waals surface area contributed by atoms with Crippen LogP contribution in [0.5, 0.6) is 0 Å². The molecule has 0 unspecified atom stereocenters. The predicted molar refractivity (Wildman–Crippen MR) is 104 cm³/mol. The van der Waals surface area contributed by atoms with Crippen LogP contribution < -0.4 is 0 Å². The van der Waals surface area contributed by atoms with Crippen LogP contribution >= 0.6 is 24.8 Å². The van der Waals surface area contributed by atoms with E-state index in [1.54, 1.807) is 0 Å². The van der Waals surface area contributed by atoms with E-state index >= 15 is 0 Å². The van der Waals surface area contributed by atoms with Crippen LogP contribution in [0.25, 0.3) is 0 Å². The van der Waals surface area contributed by atoms with Gasteiger partial charge >= 0.3 is 37.6 Å². The number of aromatic nitrogens is 1. The molecule has 1 N–H and O–H groups in total. The van der Waals surface area contributed by atoms with Crippen LogP contribution in [0.3, 0.4) is 0 Å². The zero-order valence-electron chi connectivity index (χ0n) is 14.5. The number of aromatic amines is 1. The number of rotatable bonds is 0. The zero-order chi connectivity index (χ0) is 10.6. The average Bonchev–Trinajstić information content (AvgIpc) is 2.83. The summed E-state index contributed by atoms with van der Waals surface area (Å²) in [5.74, 6) is 0. The van der Waals surface area contributed by atoms with Crippen molar-refractivity contribution in [2.75, 3.05) is 0 Å². The molecule has 0 amide bonds. The third kappa shape index (κ3) is 65.0. The van der Waals surface area contributed by atoms with E-state index in [-0.39, 0.29) is 61.9 Å². The van der Waals surface area contributed by atoms with Gasteiger partial charge in [0.1, 0.15) is 0 Å². The first-order chi connectivity index (χ1) is 6.73. The number of hydrogen-bond donors (Lipinski definition) is 1. The van der Waals surface area contributed by atoms with Crippen molar-refractivity contribution < 1.29 is 20.0 Å². The van der Waals surface area contributed by atoms with Gasteiger partial charge in [-0.05, 0) is 0 Å². The Balaban J connectivity index is -0.0000000174. The molecular weight excluding hydrogens is 337 g/mol. The molecule has 1 nitrogen and oxygen atoms in total. The van der Waals surface area contributed by atoms with Crippen molar-refractivity contribution in [2.45, 2.75) is 20.3 Å². The molecule has 2 rings (SSSR count). The first-order valence-electron chi connectivity index (χ1n) is 4.46. The summed E-state index contributed by atoms with van der Waals surface area (Å²) < 4.78 is 1.42. The molecule has 0 fully saturated rings. The van der Waals surface area contributed by atoms with Crippen LogP contribution in [0, 0.1) is 49.4 Å². The average molecular weight is 369 g/mol. The molecule has 1 aromatic rings. The molecule has 0 saturated carbocycles. The van der Waals surface area contributed by atoms with Gasteiger partial charge in [0, 0.05) is 0 Å². The zero-order valence-corrected chi connectivity index (χ0v) is 17.7. The van der Waals surface area contributed by atoms with Crippen molar-refractivity contribution in [1.29, 1.82) is 0 Å². The minimum Gasteiger partial charge on any atom is -0.484 e. The summed E-state index contributed by atoms with van der Waals surface area (Å²) in [6.45, 7) is 4.17. The summed E-state index contributed by atoms with van der Waals surface area (Å²) in [6.07, 6.45) is 14.6. The second kappa shape index (κ2) is 42.7. The predicted octanol–water partition coefficient (Wildman–Crippen LogP) is 5.96. The van der Waals surface area contributed by atoms with Gasteiger partial charge in [0.2, 0.25) is 0 Å². The molecule has 0 saturated heterocycles. The van der Waals surface area contributed by atoms with Gasteiger partial charge in [0.05, 0.1) is 0 Å². The van der Waals surface area contributed by atoms with Crippen LogP contribution in [-0.4, -0.2) is 8.80 Å². The van der Waals surface area contributed by atoms with E-state index in [0.29, 0.717) is 0 Å². The van der Waals surface area contributed by atoms with Crippen LogP contribution in [0.1, 0.15) is 20.3 Å². The maximum absolute atomic E-state index is 2.99. The summed E-state index contributed by atoms with van der Waals surface area (Å²) in [5.41, 5.74) is 0. The summed E-state index contributed by atoms with van der Waals surface area (Å²) >= 11 is 2.08. The Bertz CT molecular complexity index is 250.